The van der Waals surface area contributed by atoms with E-state index in [-0.39, 0.29) is 18.5 Å². The van der Waals surface area contributed by atoms with Gasteiger partial charge in [0.2, 0.25) is 0 Å². The molecule has 2 aromatic carbocycles. The summed E-state index contributed by atoms with van der Waals surface area (Å²) in [5.74, 6) is -1.11. The Hall–Kier alpha value is -3.42. The summed E-state index contributed by atoms with van der Waals surface area (Å²) in [6.45, 7) is 3.55. The number of rotatable bonds is 7. The number of hydrogen-bond acceptors (Lipinski definition) is 5. The van der Waals surface area contributed by atoms with Gasteiger partial charge in [-0.05, 0) is 43.7 Å². The van der Waals surface area contributed by atoms with E-state index in [1.807, 2.05) is 0 Å². The third-order valence-electron chi connectivity index (χ3n) is 3.53. The van der Waals surface area contributed by atoms with E-state index in [2.05, 4.69) is 15.8 Å². The van der Waals surface area contributed by atoms with Crippen molar-refractivity contribution in [2.75, 3.05) is 7.11 Å². The number of hydrazone groups is 1. The highest BCUT2D eigenvalue weighted by atomic mass is 19.1. The molecule has 2 N–H and O–H groups in total. The summed E-state index contributed by atoms with van der Waals surface area (Å²) in [5.41, 5.74) is 3.19. The lowest BCUT2D eigenvalue weighted by Crippen LogP contribution is -2.41. The van der Waals surface area contributed by atoms with Gasteiger partial charge in [0.15, 0.2) is 11.5 Å². The molecule has 0 radical (unpaired) electrons. The molecule has 0 fully saturated rings. The van der Waals surface area contributed by atoms with Crippen molar-refractivity contribution in [3.63, 3.8) is 0 Å². The number of methoxy groups -OCH3 is 1. The maximum atomic E-state index is 13.7. The van der Waals surface area contributed by atoms with Crippen LogP contribution in [0.1, 0.15) is 25.0 Å². The second-order valence-corrected chi connectivity index (χ2v) is 6.12. The van der Waals surface area contributed by atoms with Crippen LogP contribution in [-0.4, -0.2) is 31.2 Å². The molecule has 0 spiro atoms. The van der Waals surface area contributed by atoms with Gasteiger partial charge in [-0.2, -0.15) is 5.10 Å². The molecule has 148 valence electrons. The summed E-state index contributed by atoms with van der Waals surface area (Å²) in [4.78, 5) is 23.1. The number of benzene rings is 2. The molecule has 0 unspecified atom stereocenters. The van der Waals surface area contributed by atoms with Crippen LogP contribution in [0.3, 0.4) is 0 Å². The number of nitrogens with one attached hydrogen (secondary N) is 2. The van der Waals surface area contributed by atoms with Crippen molar-refractivity contribution in [2.45, 2.75) is 26.5 Å². The Bertz CT molecular complexity index is 868. The van der Waals surface area contributed by atoms with E-state index < -0.39 is 11.8 Å². The lowest BCUT2D eigenvalue weighted by Gasteiger charge is -2.11. The first kappa shape index (κ1) is 20.9. The minimum atomic E-state index is -0.859. The highest BCUT2D eigenvalue weighted by molar-refractivity contribution is 6.35. The quantitative estimate of drug-likeness (QED) is 0.434. The maximum Gasteiger partial charge on any atom is 0.329 e. The van der Waals surface area contributed by atoms with Gasteiger partial charge in [-0.1, -0.05) is 18.2 Å². The standard InChI is InChI=1S/C20H22FN3O4/c1-13(2)23-19(25)20(26)24-22-11-14-8-9-17(18(10-14)27-3)28-12-15-6-4-5-7-16(15)21/h4-11,13H,12H2,1-3H3,(H,23,25)(H,24,26)/b22-11-. The second-order valence-electron chi connectivity index (χ2n) is 6.12. The van der Waals surface area contributed by atoms with Crippen LogP contribution in [0.2, 0.25) is 0 Å². The molecule has 0 heterocycles. The first-order chi connectivity index (χ1) is 13.4. The molecule has 8 heteroatoms. The van der Waals surface area contributed by atoms with Crippen LogP contribution in [-0.2, 0) is 16.2 Å². The largest absolute Gasteiger partial charge is 0.493 e. The summed E-state index contributed by atoms with van der Waals surface area (Å²) in [5, 5.41) is 6.21. The molecule has 0 atom stereocenters. The molecule has 2 amide bonds. The van der Waals surface area contributed by atoms with Gasteiger partial charge in [-0.15, -0.1) is 0 Å². The molecule has 2 aromatic rings. The first-order valence-corrected chi connectivity index (χ1v) is 8.59. The molecule has 0 aromatic heterocycles. The van der Waals surface area contributed by atoms with Crippen molar-refractivity contribution in [3.8, 4) is 11.5 Å². The molecular weight excluding hydrogens is 365 g/mol. The summed E-state index contributed by atoms with van der Waals surface area (Å²) in [6.07, 6.45) is 1.36. The molecule has 0 saturated heterocycles. The minimum absolute atomic E-state index is 0.0531. The smallest absolute Gasteiger partial charge is 0.329 e. The summed E-state index contributed by atoms with van der Waals surface area (Å²) in [6, 6.07) is 11.2. The number of ether oxygens (including phenoxy) is 2. The van der Waals surface area contributed by atoms with Crippen LogP contribution in [0.5, 0.6) is 11.5 Å². The number of carbonyl (C=O) groups is 2. The van der Waals surface area contributed by atoms with Crippen molar-refractivity contribution in [1.82, 2.24) is 10.7 Å². The highest BCUT2D eigenvalue weighted by Gasteiger charge is 2.13. The normalized spacial score (nSPS) is 10.8. The van der Waals surface area contributed by atoms with E-state index in [4.69, 9.17) is 9.47 Å². The lowest BCUT2D eigenvalue weighted by molar-refractivity contribution is -0.139. The molecule has 7 nitrogen and oxygen atoms in total. The van der Waals surface area contributed by atoms with Crippen LogP contribution < -0.4 is 20.2 Å². The molecule has 28 heavy (non-hydrogen) atoms. The van der Waals surface area contributed by atoms with Crippen molar-refractivity contribution in [3.05, 3.63) is 59.4 Å². The number of halogens is 1. The van der Waals surface area contributed by atoms with E-state index >= 15 is 0 Å². The Labute approximate surface area is 162 Å². The van der Waals surface area contributed by atoms with Gasteiger partial charge in [0, 0.05) is 11.6 Å². The number of hydrogen-bond donors (Lipinski definition) is 2. The molecule has 0 saturated carbocycles. The summed E-state index contributed by atoms with van der Waals surface area (Å²) >= 11 is 0. The van der Waals surface area contributed by atoms with E-state index in [0.717, 1.165) is 0 Å². The predicted octanol–water partition coefficient (Wildman–Crippen LogP) is 2.39. The SMILES string of the molecule is COc1cc(/C=N\NC(=O)C(=O)NC(C)C)ccc1OCc1ccccc1F. The van der Waals surface area contributed by atoms with Crippen LogP contribution in [0.4, 0.5) is 4.39 Å². The average molecular weight is 387 g/mol. The fraction of sp³-hybridized carbons (Fsp3) is 0.250. The van der Waals surface area contributed by atoms with Gasteiger partial charge in [0.05, 0.1) is 13.3 Å². The van der Waals surface area contributed by atoms with Gasteiger partial charge >= 0.3 is 11.8 Å². The monoisotopic (exact) mass is 387 g/mol. The highest BCUT2D eigenvalue weighted by Crippen LogP contribution is 2.28. The van der Waals surface area contributed by atoms with Crippen molar-refractivity contribution in [2.24, 2.45) is 5.10 Å². The van der Waals surface area contributed by atoms with E-state index in [0.29, 0.717) is 22.6 Å². The zero-order chi connectivity index (χ0) is 20.5. The molecule has 0 aliphatic rings. The van der Waals surface area contributed by atoms with Gasteiger partial charge in [0.1, 0.15) is 12.4 Å². The zero-order valence-electron chi connectivity index (χ0n) is 15.9. The number of nitrogens with zero attached hydrogens (tertiary/aromatic N) is 1. The van der Waals surface area contributed by atoms with Gasteiger partial charge < -0.3 is 14.8 Å². The summed E-state index contributed by atoms with van der Waals surface area (Å²) < 4.78 is 24.6. The Morgan fingerprint density at radius 3 is 2.57 bits per heavy atom. The molecule has 0 aliphatic carbocycles. The third-order valence-corrected chi connectivity index (χ3v) is 3.53. The number of amides is 2. The Morgan fingerprint density at radius 1 is 1.14 bits per heavy atom. The maximum absolute atomic E-state index is 13.7. The van der Waals surface area contributed by atoms with Crippen molar-refractivity contribution < 1.29 is 23.5 Å². The molecular formula is C20H22FN3O4. The summed E-state index contributed by atoms with van der Waals surface area (Å²) in [7, 11) is 1.48. The molecule has 2 rings (SSSR count). The minimum Gasteiger partial charge on any atom is -0.493 e. The van der Waals surface area contributed by atoms with Gasteiger partial charge in [-0.25, -0.2) is 9.82 Å². The fourth-order valence-electron chi connectivity index (χ4n) is 2.20. The van der Waals surface area contributed by atoms with Crippen molar-refractivity contribution in [1.29, 1.82) is 0 Å². The van der Waals surface area contributed by atoms with Gasteiger partial charge in [0.25, 0.3) is 0 Å². The van der Waals surface area contributed by atoms with E-state index in [9.17, 15) is 14.0 Å². The second kappa shape index (κ2) is 10.1. The van der Waals surface area contributed by atoms with E-state index in [1.165, 1.54) is 19.4 Å². The fourth-order valence-corrected chi connectivity index (χ4v) is 2.20. The molecule has 0 bridgehead atoms. The predicted molar refractivity (Wildman–Crippen MR) is 103 cm³/mol. The Morgan fingerprint density at radius 2 is 1.89 bits per heavy atom. The number of carbonyl (C=O) groups excluding carboxylic acids is 2. The van der Waals surface area contributed by atoms with Crippen LogP contribution in [0, 0.1) is 5.82 Å². The Balaban J connectivity index is 1.99. The van der Waals surface area contributed by atoms with Crippen molar-refractivity contribution >= 4 is 18.0 Å². The van der Waals surface area contributed by atoms with E-state index in [1.54, 1.807) is 50.2 Å². The van der Waals surface area contributed by atoms with Crippen LogP contribution >= 0.6 is 0 Å². The Kier molecular flexibility index (Phi) is 7.50. The van der Waals surface area contributed by atoms with Crippen LogP contribution in [0.15, 0.2) is 47.6 Å². The van der Waals surface area contributed by atoms with Crippen LogP contribution in [0.25, 0.3) is 0 Å². The average Bonchev–Trinajstić information content (AvgIpc) is 2.67. The first-order valence-electron chi connectivity index (χ1n) is 8.59. The van der Waals surface area contributed by atoms with Gasteiger partial charge in [-0.3, -0.25) is 9.59 Å². The molecule has 0 aliphatic heterocycles. The lowest BCUT2D eigenvalue weighted by atomic mass is 10.2. The third kappa shape index (κ3) is 6.08. The zero-order valence-corrected chi connectivity index (χ0v) is 15.9. The topological polar surface area (TPSA) is 89.0 Å².